The van der Waals surface area contributed by atoms with Crippen molar-refractivity contribution in [3.05, 3.63) is 29.8 Å². The average molecular weight is 320 g/mol. The minimum atomic E-state index is -0.941. The fourth-order valence-corrected chi connectivity index (χ4v) is 2.58. The van der Waals surface area contributed by atoms with Gasteiger partial charge in [-0.25, -0.2) is 9.59 Å². The number of nitrogens with zero attached hydrogens (tertiary/aromatic N) is 1. The lowest BCUT2D eigenvalue weighted by molar-refractivity contribution is 0.0235. The molecular weight excluding hydrogens is 296 g/mol. The van der Waals surface area contributed by atoms with Crippen molar-refractivity contribution < 1.29 is 19.4 Å². The summed E-state index contributed by atoms with van der Waals surface area (Å²) in [6.45, 7) is 6.90. The molecule has 0 spiro atoms. The van der Waals surface area contributed by atoms with Gasteiger partial charge in [-0.3, -0.25) is 0 Å². The minimum Gasteiger partial charge on any atom is -0.478 e. The Morgan fingerprint density at radius 3 is 2.52 bits per heavy atom. The van der Waals surface area contributed by atoms with Crippen LogP contribution in [-0.4, -0.2) is 46.8 Å². The minimum absolute atomic E-state index is 0.0870. The Bertz CT molecular complexity index is 563. The smallest absolute Gasteiger partial charge is 0.410 e. The molecule has 1 aliphatic heterocycles. The molecule has 2 rings (SSSR count). The lowest BCUT2D eigenvalue weighted by Gasteiger charge is -2.29. The van der Waals surface area contributed by atoms with E-state index in [0.717, 1.165) is 18.5 Å². The van der Waals surface area contributed by atoms with Gasteiger partial charge in [-0.2, -0.15) is 0 Å². The van der Waals surface area contributed by atoms with Gasteiger partial charge < -0.3 is 20.1 Å². The number of carboxylic acids is 1. The molecule has 0 radical (unpaired) electrons. The quantitative estimate of drug-likeness (QED) is 0.890. The van der Waals surface area contributed by atoms with E-state index < -0.39 is 11.6 Å². The molecule has 6 nitrogen and oxygen atoms in total. The molecule has 6 heteroatoms. The van der Waals surface area contributed by atoms with Crippen LogP contribution in [0.4, 0.5) is 10.5 Å². The highest BCUT2D eigenvalue weighted by atomic mass is 16.6. The number of carbonyl (C=O) groups excluding carboxylic acids is 1. The molecule has 2 N–H and O–H groups in total. The van der Waals surface area contributed by atoms with Crippen LogP contribution in [0.5, 0.6) is 0 Å². The van der Waals surface area contributed by atoms with Crippen LogP contribution in [0.1, 0.15) is 44.0 Å². The largest absolute Gasteiger partial charge is 0.478 e. The van der Waals surface area contributed by atoms with Crippen molar-refractivity contribution in [3.8, 4) is 0 Å². The lowest BCUT2D eigenvalue weighted by atomic mass is 10.2. The first-order valence-electron chi connectivity index (χ1n) is 7.83. The van der Waals surface area contributed by atoms with E-state index in [4.69, 9.17) is 9.84 Å². The second kappa shape index (κ2) is 6.89. The van der Waals surface area contributed by atoms with Crippen molar-refractivity contribution in [2.24, 2.45) is 0 Å². The van der Waals surface area contributed by atoms with Crippen LogP contribution < -0.4 is 5.32 Å². The van der Waals surface area contributed by atoms with Gasteiger partial charge >= 0.3 is 12.1 Å². The first-order chi connectivity index (χ1) is 10.8. The summed E-state index contributed by atoms with van der Waals surface area (Å²) in [5.41, 5.74) is 0.599. The van der Waals surface area contributed by atoms with E-state index in [2.05, 4.69) is 5.32 Å². The van der Waals surface area contributed by atoms with Crippen LogP contribution in [0, 0.1) is 0 Å². The summed E-state index contributed by atoms with van der Waals surface area (Å²) in [6, 6.07) is 6.67. The fourth-order valence-electron chi connectivity index (χ4n) is 2.58. The third kappa shape index (κ3) is 4.87. The number of hydrogen-bond donors (Lipinski definition) is 2. The first kappa shape index (κ1) is 17.1. The molecule has 1 aromatic carbocycles. The number of nitrogens with one attached hydrogen (secondary N) is 1. The van der Waals surface area contributed by atoms with E-state index >= 15 is 0 Å². The summed E-state index contributed by atoms with van der Waals surface area (Å²) in [5, 5.41) is 12.1. The second-order valence-electron chi connectivity index (χ2n) is 6.73. The van der Waals surface area contributed by atoms with Gasteiger partial charge in [0.15, 0.2) is 0 Å². The summed E-state index contributed by atoms with van der Waals surface area (Å²) in [4.78, 5) is 24.8. The summed E-state index contributed by atoms with van der Waals surface area (Å²) in [5.74, 6) is -0.941. The molecule has 0 bridgehead atoms. The molecule has 1 heterocycles. The summed E-state index contributed by atoms with van der Waals surface area (Å²) < 4.78 is 5.44. The topological polar surface area (TPSA) is 78.9 Å². The van der Waals surface area contributed by atoms with Gasteiger partial charge in [0.25, 0.3) is 0 Å². The number of benzene rings is 1. The number of hydrogen-bond acceptors (Lipinski definition) is 4. The predicted octanol–water partition coefficient (Wildman–Crippen LogP) is 3.20. The van der Waals surface area contributed by atoms with Crippen LogP contribution in [0.15, 0.2) is 24.3 Å². The van der Waals surface area contributed by atoms with Crippen LogP contribution in [0.25, 0.3) is 0 Å². The first-order valence-corrected chi connectivity index (χ1v) is 7.83. The highest BCUT2D eigenvalue weighted by molar-refractivity contribution is 5.88. The van der Waals surface area contributed by atoms with Crippen molar-refractivity contribution in [2.75, 3.05) is 18.4 Å². The standard InChI is InChI=1S/C17H24N2O4/c1-17(2,3)23-16(22)19-10-4-5-14(19)11-18-13-8-6-12(7-9-13)15(20)21/h6-9,14,18H,4-5,10-11H2,1-3H3,(H,20,21). The van der Waals surface area contributed by atoms with Crippen molar-refractivity contribution in [2.45, 2.75) is 45.3 Å². The van der Waals surface area contributed by atoms with Gasteiger partial charge in [0.2, 0.25) is 0 Å². The Morgan fingerprint density at radius 1 is 1.30 bits per heavy atom. The molecule has 1 aliphatic rings. The van der Waals surface area contributed by atoms with Crippen molar-refractivity contribution >= 4 is 17.7 Å². The third-order valence-corrected chi connectivity index (χ3v) is 3.68. The maximum atomic E-state index is 12.2. The van der Waals surface area contributed by atoms with E-state index in [9.17, 15) is 9.59 Å². The summed E-state index contributed by atoms with van der Waals surface area (Å²) in [6.07, 6.45) is 1.62. The molecule has 126 valence electrons. The van der Waals surface area contributed by atoms with Crippen molar-refractivity contribution in [1.29, 1.82) is 0 Å². The van der Waals surface area contributed by atoms with Gasteiger partial charge in [0, 0.05) is 18.8 Å². The van der Waals surface area contributed by atoms with Crippen LogP contribution >= 0.6 is 0 Å². The van der Waals surface area contributed by atoms with Gasteiger partial charge in [-0.1, -0.05) is 0 Å². The van der Waals surface area contributed by atoms with Crippen LogP contribution in [0.2, 0.25) is 0 Å². The molecule has 0 aliphatic carbocycles. The Morgan fingerprint density at radius 2 is 1.96 bits per heavy atom. The highest BCUT2D eigenvalue weighted by Gasteiger charge is 2.31. The number of carbonyl (C=O) groups is 2. The fraction of sp³-hybridized carbons (Fsp3) is 0.529. The molecule has 1 aromatic rings. The molecule has 23 heavy (non-hydrogen) atoms. The number of rotatable bonds is 4. The van der Waals surface area contributed by atoms with Gasteiger partial charge in [0.05, 0.1) is 11.6 Å². The molecule has 0 saturated carbocycles. The summed E-state index contributed by atoms with van der Waals surface area (Å²) in [7, 11) is 0. The monoisotopic (exact) mass is 320 g/mol. The zero-order valence-electron chi connectivity index (χ0n) is 13.8. The molecule has 1 fully saturated rings. The summed E-state index contributed by atoms with van der Waals surface area (Å²) >= 11 is 0. The van der Waals surface area contributed by atoms with Crippen LogP contribution in [0.3, 0.4) is 0 Å². The number of anilines is 1. The zero-order chi connectivity index (χ0) is 17.0. The Balaban J connectivity index is 1.91. The molecule has 0 aromatic heterocycles. The molecule has 1 saturated heterocycles. The van der Waals surface area contributed by atoms with Gasteiger partial charge in [0.1, 0.15) is 5.60 Å². The average Bonchev–Trinajstić information content (AvgIpc) is 2.92. The Labute approximate surface area is 136 Å². The van der Waals surface area contributed by atoms with Gasteiger partial charge in [-0.15, -0.1) is 0 Å². The third-order valence-electron chi connectivity index (χ3n) is 3.68. The molecular formula is C17H24N2O4. The number of aromatic carboxylic acids is 1. The Hall–Kier alpha value is -2.24. The van der Waals surface area contributed by atoms with Crippen molar-refractivity contribution in [1.82, 2.24) is 4.90 Å². The van der Waals surface area contributed by atoms with E-state index in [1.165, 1.54) is 0 Å². The van der Waals surface area contributed by atoms with E-state index in [0.29, 0.717) is 13.1 Å². The van der Waals surface area contributed by atoms with Crippen molar-refractivity contribution in [3.63, 3.8) is 0 Å². The number of carboxylic acid groups (broad SMARTS) is 1. The second-order valence-corrected chi connectivity index (χ2v) is 6.73. The highest BCUT2D eigenvalue weighted by Crippen LogP contribution is 2.21. The zero-order valence-corrected chi connectivity index (χ0v) is 13.8. The molecule has 1 unspecified atom stereocenters. The SMILES string of the molecule is CC(C)(C)OC(=O)N1CCCC1CNc1ccc(C(=O)O)cc1. The maximum Gasteiger partial charge on any atom is 0.410 e. The van der Waals surface area contributed by atoms with Gasteiger partial charge in [-0.05, 0) is 57.9 Å². The van der Waals surface area contributed by atoms with Crippen LogP contribution in [-0.2, 0) is 4.74 Å². The lowest BCUT2D eigenvalue weighted by Crippen LogP contribution is -2.42. The number of ether oxygens (including phenoxy) is 1. The number of likely N-dealkylation sites (tertiary alicyclic amines) is 1. The predicted molar refractivity (Wildman–Crippen MR) is 87.9 cm³/mol. The number of amides is 1. The maximum absolute atomic E-state index is 12.2. The van der Waals surface area contributed by atoms with E-state index in [1.807, 2.05) is 20.8 Å². The van der Waals surface area contributed by atoms with E-state index in [-0.39, 0.29) is 17.7 Å². The molecule has 1 amide bonds. The van der Waals surface area contributed by atoms with E-state index in [1.54, 1.807) is 29.2 Å². The molecule has 1 atom stereocenters. The Kier molecular flexibility index (Phi) is 5.13. The normalized spacial score (nSPS) is 17.9.